The summed E-state index contributed by atoms with van der Waals surface area (Å²) in [6.45, 7) is 8.73. The number of carbonyl (C=O) groups is 1. The molecule has 1 aromatic rings. The quantitative estimate of drug-likeness (QED) is 0.882. The van der Waals surface area contributed by atoms with Gasteiger partial charge in [-0.25, -0.2) is 0 Å². The van der Waals surface area contributed by atoms with Gasteiger partial charge in [-0.05, 0) is 38.4 Å². The van der Waals surface area contributed by atoms with Crippen LogP contribution in [-0.2, 0) is 4.79 Å². The number of nitrogens with one attached hydrogen (secondary N) is 1. The fourth-order valence-electron chi connectivity index (χ4n) is 3.78. The van der Waals surface area contributed by atoms with Gasteiger partial charge in [-0.15, -0.1) is 0 Å². The van der Waals surface area contributed by atoms with E-state index in [0.717, 1.165) is 45.7 Å². The second-order valence-electron chi connectivity index (χ2n) is 7.32. The van der Waals surface area contributed by atoms with Crippen molar-refractivity contribution in [1.29, 1.82) is 0 Å². The summed E-state index contributed by atoms with van der Waals surface area (Å²) in [6.07, 6.45) is 1.15. The molecule has 132 valence electrons. The highest BCUT2D eigenvalue weighted by atomic mass is 16.2. The highest BCUT2D eigenvalue weighted by Crippen LogP contribution is 2.22. The average Bonchev–Trinajstić information content (AvgIpc) is 3.05. The summed E-state index contributed by atoms with van der Waals surface area (Å²) in [4.78, 5) is 19.3. The number of piperazine rings is 1. The Kier molecular flexibility index (Phi) is 5.74. The van der Waals surface area contributed by atoms with Gasteiger partial charge in [0.05, 0.1) is 6.54 Å². The Balaban J connectivity index is 1.39. The Morgan fingerprint density at radius 3 is 2.71 bits per heavy atom. The Hall–Kier alpha value is -1.59. The molecule has 0 spiro atoms. The molecule has 5 nitrogen and oxygen atoms in total. The fourth-order valence-corrected chi connectivity index (χ4v) is 3.78. The van der Waals surface area contributed by atoms with Crippen molar-refractivity contribution >= 4 is 11.6 Å². The van der Waals surface area contributed by atoms with Gasteiger partial charge in [-0.1, -0.05) is 18.2 Å². The van der Waals surface area contributed by atoms with Crippen LogP contribution in [0.2, 0.25) is 0 Å². The molecule has 0 saturated carbocycles. The lowest BCUT2D eigenvalue weighted by Gasteiger charge is -2.37. The van der Waals surface area contributed by atoms with Crippen LogP contribution < -0.4 is 10.2 Å². The minimum atomic E-state index is 0.171. The molecule has 2 saturated heterocycles. The average molecular weight is 330 g/mol. The third kappa shape index (κ3) is 4.48. The summed E-state index contributed by atoms with van der Waals surface area (Å²) in [5, 5.41) is 3.15. The lowest BCUT2D eigenvalue weighted by molar-refractivity contribution is -0.123. The van der Waals surface area contributed by atoms with Crippen molar-refractivity contribution in [3.63, 3.8) is 0 Å². The zero-order valence-electron chi connectivity index (χ0n) is 14.9. The second kappa shape index (κ2) is 7.99. The molecule has 2 unspecified atom stereocenters. The molecule has 0 radical (unpaired) electrons. The molecule has 0 bridgehead atoms. The number of rotatable bonds is 5. The largest absolute Gasteiger partial charge is 0.371 e. The van der Waals surface area contributed by atoms with E-state index < -0.39 is 0 Å². The van der Waals surface area contributed by atoms with E-state index in [9.17, 15) is 4.79 Å². The summed E-state index contributed by atoms with van der Waals surface area (Å²) in [7, 11) is 2.15. The van der Waals surface area contributed by atoms with Crippen LogP contribution in [-0.4, -0.2) is 74.6 Å². The van der Waals surface area contributed by atoms with Gasteiger partial charge in [-0.3, -0.25) is 9.69 Å². The topological polar surface area (TPSA) is 38.8 Å². The number of anilines is 1. The Morgan fingerprint density at radius 2 is 1.96 bits per heavy atom. The molecule has 2 aliphatic heterocycles. The van der Waals surface area contributed by atoms with Gasteiger partial charge in [0.1, 0.15) is 0 Å². The lowest BCUT2D eigenvalue weighted by Crippen LogP contribution is -2.53. The number of para-hydroxylation sites is 1. The standard InChI is InChI=1S/C19H30N4O/c1-16-13-21(2)10-11-22(16)15-19(24)20-12-17-8-9-23(14-17)18-6-4-3-5-7-18/h3-7,16-17H,8-15H2,1-2H3,(H,20,24). The maximum Gasteiger partial charge on any atom is 0.234 e. The third-order valence-corrected chi connectivity index (χ3v) is 5.31. The van der Waals surface area contributed by atoms with Crippen molar-refractivity contribution in [2.75, 3.05) is 57.8 Å². The Labute approximate surface area is 145 Å². The van der Waals surface area contributed by atoms with Gasteiger partial charge in [0.2, 0.25) is 5.91 Å². The van der Waals surface area contributed by atoms with Crippen LogP contribution >= 0.6 is 0 Å². The summed E-state index contributed by atoms with van der Waals surface area (Å²) >= 11 is 0. The van der Waals surface area contributed by atoms with Crippen molar-refractivity contribution in [3.05, 3.63) is 30.3 Å². The highest BCUT2D eigenvalue weighted by molar-refractivity contribution is 5.78. The van der Waals surface area contributed by atoms with Gasteiger partial charge in [-0.2, -0.15) is 0 Å². The summed E-state index contributed by atoms with van der Waals surface area (Å²) < 4.78 is 0. The minimum Gasteiger partial charge on any atom is -0.371 e. The second-order valence-corrected chi connectivity index (χ2v) is 7.32. The molecule has 5 heteroatoms. The SMILES string of the molecule is CC1CN(C)CCN1CC(=O)NCC1CCN(c2ccccc2)C1. The van der Waals surface area contributed by atoms with E-state index >= 15 is 0 Å². The van der Waals surface area contributed by atoms with Crippen LogP contribution in [0.3, 0.4) is 0 Å². The molecular weight excluding hydrogens is 300 g/mol. The zero-order valence-corrected chi connectivity index (χ0v) is 14.9. The van der Waals surface area contributed by atoms with E-state index in [1.165, 1.54) is 5.69 Å². The van der Waals surface area contributed by atoms with Crippen LogP contribution in [0, 0.1) is 5.92 Å². The van der Waals surface area contributed by atoms with E-state index in [4.69, 9.17) is 0 Å². The van der Waals surface area contributed by atoms with Gasteiger partial charge in [0.25, 0.3) is 0 Å². The van der Waals surface area contributed by atoms with Gasteiger partial charge < -0.3 is 15.1 Å². The number of nitrogens with zero attached hydrogens (tertiary/aromatic N) is 3. The molecule has 0 aliphatic carbocycles. The number of hydrogen-bond acceptors (Lipinski definition) is 4. The molecule has 2 fully saturated rings. The van der Waals surface area contributed by atoms with Crippen molar-refractivity contribution in [2.24, 2.45) is 5.92 Å². The first-order valence-corrected chi connectivity index (χ1v) is 9.11. The fraction of sp³-hybridized carbons (Fsp3) is 0.632. The number of benzene rings is 1. The molecule has 1 amide bonds. The summed E-state index contributed by atoms with van der Waals surface area (Å²) in [5.74, 6) is 0.726. The normalized spacial score (nSPS) is 25.8. The van der Waals surface area contributed by atoms with E-state index in [1.807, 2.05) is 0 Å². The molecule has 0 aromatic heterocycles. The molecule has 24 heavy (non-hydrogen) atoms. The number of amides is 1. The van der Waals surface area contributed by atoms with E-state index in [2.05, 4.69) is 64.3 Å². The third-order valence-electron chi connectivity index (χ3n) is 5.31. The smallest absolute Gasteiger partial charge is 0.234 e. The first-order valence-electron chi connectivity index (χ1n) is 9.11. The molecule has 3 rings (SSSR count). The Morgan fingerprint density at radius 1 is 1.17 bits per heavy atom. The van der Waals surface area contributed by atoms with Crippen molar-refractivity contribution in [2.45, 2.75) is 19.4 Å². The molecule has 2 atom stereocenters. The van der Waals surface area contributed by atoms with E-state index in [0.29, 0.717) is 18.5 Å². The monoisotopic (exact) mass is 330 g/mol. The minimum absolute atomic E-state index is 0.171. The van der Waals surface area contributed by atoms with Gasteiger partial charge in [0, 0.05) is 51.0 Å². The van der Waals surface area contributed by atoms with Crippen LogP contribution in [0.25, 0.3) is 0 Å². The zero-order chi connectivity index (χ0) is 16.9. The molecule has 1 aromatic carbocycles. The van der Waals surface area contributed by atoms with Crippen LogP contribution in [0.4, 0.5) is 5.69 Å². The summed E-state index contributed by atoms with van der Waals surface area (Å²) in [6, 6.07) is 11.0. The Bertz CT molecular complexity index is 535. The van der Waals surface area contributed by atoms with Crippen LogP contribution in [0.5, 0.6) is 0 Å². The van der Waals surface area contributed by atoms with Crippen molar-refractivity contribution in [3.8, 4) is 0 Å². The molecule has 2 aliphatic rings. The van der Waals surface area contributed by atoms with Crippen LogP contribution in [0.15, 0.2) is 30.3 Å². The predicted molar refractivity (Wildman–Crippen MR) is 98.3 cm³/mol. The van der Waals surface area contributed by atoms with Crippen molar-refractivity contribution < 1.29 is 4.79 Å². The number of likely N-dealkylation sites (N-methyl/N-ethyl adjacent to an activating group) is 1. The van der Waals surface area contributed by atoms with Gasteiger partial charge >= 0.3 is 0 Å². The van der Waals surface area contributed by atoms with E-state index in [-0.39, 0.29) is 5.91 Å². The predicted octanol–water partition coefficient (Wildman–Crippen LogP) is 1.27. The molecule has 1 N–H and O–H groups in total. The molecular formula is C19H30N4O. The number of hydrogen-bond donors (Lipinski definition) is 1. The van der Waals surface area contributed by atoms with Crippen LogP contribution in [0.1, 0.15) is 13.3 Å². The number of carbonyl (C=O) groups excluding carboxylic acids is 1. The maximum atomic E-state index is 12.3. The van der Waals surface area contributed by atoms with Gasteiger partial charge in [0.15, 0.2) is 0 Å². The highest BCUT2D eigenvalue weighted by Gasteiger charge is 2.25. The maximum absolute atomic E-state index is 12.3. The van der Waals surface area contributed by atoms with Crippen molar-refractivity contribution in [1.82, 2.24) is 15.1 Å². The first-order chi connectivity index (χ1) is 11.6. The lowest BCUT2D eigenvalue weighted by atomic mass is 10.1. The first kappa shape index (κ1) is 17.2. The summed E-state index contributed by atoms with van der Waals surface area (Å²) in [5.41, 5.74) is 1.29. The van der Waals surface area contributed by atoms with E-state index in [1.54, 1.807) is 0 Å². The molecule has 2 heterocycles.